The Morgan fingerprint density at radius 1 is 0.481 bits per heavy atom. The standard InChI is InChI=1S/C26H15Br/c27-24-14-10-18-8-12-22-21(11-7-17-9-13-23(24)26(18)25(17)22)20-6-5-16-3-1-2-4-19(16)15-20/h1-15H. The highest BCUT2D eigenvalue weighted by atomic mass is 79.9. The Morgan fingerprint density at radius 2 is 1.11 bits per heavy atom. The van der Waals surface area contributed by atoms with Crippen molar-refractivity contribution in [3.63, 3.8) is 0 Å². The lowest BCUT2D eigenvalue weighted by Gasteiger charge is -2.15. The van der Waals surface area contributed by atoms with E-state index in [4.69, 9.17) is 0 Å². The van der Waals surface area contributed by atoms with Crippen molar-refractivity contribution < 1.29 is 0 Å². The van der Waals surface area contributed by atoms with E-state index in [1.165, 1.54) is 54.2 Å². The van der Waals surface area contributed by atoms with Crippen molar-refractivity contribution in [1.29, 1.82) is 0 Å². The van der Waals surface area contributed by atoms with Crippen LogP contribution < -0.4 is 0 Å². The second-order valence-electron chi connectivity index (χ2n) is 7.14. The molecule has 0 nitrogen and oxygen atoms in total. The highest BCUT2D eigenvalue weighted by Crippen LogP contribution is 2.41. The Kier molecular flexibility index (Phi) is 3.12. The molecule has 0 aliphatic rings. The van der Waals surface area contributed by atoms with Gasteiger partial charge in [0.15, 0.2) is 0 Å². The third kappa shape index (κ3) is 2.15. The number of hydrogen-bond donors (Lipinski definition) is 0. The zero-order valence-corrected chi connectivity index (χ0v) is 16.1. The van der Waals surface area contributed by atoms with Gasteiger partial charge in [-0.1, -0.05) is 94.8 Å². The molecule has 1 heteroatoms. The first-order chi connectivity index (χ1) is 13.3. The van der Waals surface area contributed by atoms with Crippen LogP contribution in [0, 0.1) is 0 Å². The number of fused-ring (bicyclic) bond motifs is 1. The maximum Gasteiger partial charge on any atom is 0.0254 e. The fraction of sp³-hybridized carbons (Fsp3) is 0. The van der Waals surface area contributed by atoms with Gasteiger partial charge in [0, 0.05) is 4.47 Å². The summed E-state index contributed by atoms with van der Waals surface area (Å²) in [5.74, 6) is 0. The Morgan fingerprint density at radius 3 is 1.96 bits per heavy atom. The van der Waals surface area contributed by atoms with Crippen LogP contribution in [-0.2, 0) is 0 Å². The predicted octanol–water partition coefficient (Wildman–Crippen LogP) is 8.17. The van der Waals surface area contributed by atoms with Gasteiger partial charge in [-0.2, -0.15) is 0 Å². The second kappa shape index (κ2) is 5.55. The van der Waals surface area contributed by atoms with Crippen LogP contribution in [0.5, 0.6) is 0 Å². The molecular formula is C26H15Br. The summed E-state index contributed by atoms with van der Waals surface area (Å²) in [6.07, 6.45) is 0. The summed E-state index contributed by atoms with van der Waals surface area (Å²) >= 11 is 3.73. The van der Waals surface area contributed by atoms with Gasteiger partial charge in [-0.15, -0.1) is 0 Å². The van der Waals surface area contributed by atoms with Gasteiger partial charge in [0.1, 0.15) is 0 Å². The van der Waals surface area contributed by atoms with E-state index in [1.807, 2.05) is 0 Å². The molecule has 0 fully saturated rings. The maximum absolute atomic E-state index is 3.73. The molecule has 0 amide bonds. The number of rotatable bonds is 1. The SMILES string of the molecule is Brc1ccc2ccc3c(-c4ccc5ccccc5c4)ccc4ccc1c2c43. The minimum Gasteiger partial charge on any atom is -0.0616 e. The molecule has 6 aromatic rings. The first-order valence-corrected chi connectivity index (χ1v) is 9.94. The summed E-state index contributed by atoms with van der Waals surface area (Å²) in [7, 11) is 0. The molecule has 0 radical (unpaired) electrons. The van der Waals surface area contributed by atoms with E-state index in [9.17, 15) is 0 Å². The monoisotopic (exact) mass is 406 g/mol. The summed E-state index contributed by atoms with van der Waals surface area (Å²) in [5, 5.41) is 10.5. The van der Waals surface area contributed by atoms with E-state index in [1.54, 1.807) is 0 Å². The van der Waals surface area contributed by atoms with Crippen LogP contribution in [0.15, 0.2) is 95.5 Å². The van der Waals surface area contributed by atoms with E-state index in [-0.39, 0.29) is 0 Å². The van der Waals surface area contributed by atoms with Crippen molar-refractivity contribution >= 4 is 59.0 Å². The van der Waals surface area contributed by atoms with Gasteiger partial charge in [-0.3, -0.25) is 0 Å². The molecule has 0 saturated carbocycles. The van der Waals surface area contributed by atoms with E-state index in [2.05, 4.69) is 107 Å². The molecule has 0 unspecified atom stereocenters. The van der Waals surface area contributed by atoms with Gasteiger partial charge in [-0.05, 0) is 66.3 Å². The first-order valence-electron chi connectivity index (χ1n) is 9.15. The van der Waals surface area contributed by atoms with E-state index >= 15 is 0 Å². The average molecular weight is 407 g/mol. The molecule has 0 N–H and O–H groups in total. The highest BCUT2D eigenvalue weighted by Gasteiger charge is 2.13. The topological polar surface area (TPSA) is 0 Å². The van der Waals surface area contributed by atoms with Gasteiger partial charge >= 0.3 is 0 Å². The fourth-order valence-electron chi connectivity index (χ4n) is 4.37. The molecule has 0 spiro atoms. The molecule has 0 aliphatic heterocycles. The second-order valence-corrected chi connectivity index (χ2v) is 8.00. The van der Waals surface area contributed by atoms with Crippen molar-refractivity contribution in [1.82, 2.24) is 0 Å². The first kappa shape index (κ1) is 15.2. The van der Waals surface area contributed by atoms with Gasteiger partial charge in [0.05, 0.1) is 0 Å². The van der Waals surface area contributed by atoms with Crippen molar-refractivity contribution in [3.8, 4) is 11.1 Å². The summed E-state index contributed by atoms with van der Waals surface area (Å²) < 4.78 is 1.15. The minimum atomic E-state index is 1.15. The maximum atomic E-state index is 3.73. The smallest absolute Gasteiger partial charge is 0.0254 e. The minimum absolute atomic E-state index is 1.15. The molecule has 27 heavy (non-hydrogen) atoms. The average Bonchev–Trinajstić information content (AvgIpc) is 2.73. The quantitative estimate of drug-likeness (QED) is 0.241. The molecule has 0 aromatic heterocycles. The van der Waals surface area contributed by atoms with Crippen LogP contribution in [0.3, 0.4) is 0 Å². The van der Waals surface area contributed by atoms with E-state index in [0.29, 0.717) is 0 Å². The summed E-state index contributed by atoms with van der Waals surface area (Å²) in [6.45, 7) is 0. The van der Waals surface area contributed by atoms with E-state index in [0.717, 1.165) is 4.47 Å². The zero-order valence-electron chi connectivity index (χ0n) is 14.5. The third-order valence-corrected chi connectivity index (χ3v) is 6.36. The van der Waals surface area contributed by atoms with Gasteiger partial charge in [-0.25, -0.2) is 0 Å². The summed E-state index contributed by atoms with van der Waals surface area (Å²) in [6, 6.07) is 33.2. The molecule has 0 saturated heterocycles. The van der Waals surface area contributed by atoms with Crippen molar-refractivity contribution in [2.75, 3.05) is 0 Å². The molecule has 126 valence electrons. The lowest BCUT2D eigenvalue weighted by molar-refractivity contribution is 1.69. The molecule has 0 heterocycles. The molecule has 6 rings (SSSR count). The lowest BCUT2D eigenvalue weighted by Crippen LogP contribution is -1.88. The van der Waals surface area contributed by atoms with E-state index < -0.39 is 0 Å². The third-order valence-electron chi connectivity index (χ3n) is 5.67. The van der Waals surface area contributed by atoms with Crippen molar-refractivity contribution in [3.05, 3.63) is 95.5 Å². The predicted molar refractivity (Wildman–Crippen MR) is 121 cm³/mol. The number of halogens is 1. The van der Waals surface area contributed by atoms with Crippen LogP contribution in [0.2, 0.25) is 0 Å². The summed E-state index contributed by atoms with van der Waals surface area (Å²) in [5.41, 5.74) is 2.56. The fourth-order valence-corrected chi connectivity index (χ4v) is 4.84. The highest BCUT2D eigenvalue weighted by molar-refractivity contribution is 9.10. The van der Waals surface area contributed by atoms with Crippen LogP contribution >= 0.6 is 15.9 Å². The van der Waals surface area contributed by atoms with Crippen LogP contribution in [0.25, 0.3) is 54.2 Å². The Balaban J connectivity index is 1.75. The Hall–Kier alpha value is -2.90. The van der Waals surface area contributed by atoms with Gasteiger partial charge < -0.3 is 0 Å². The van der Waals surface area contributed by atoms with Crippen LogP contribution in [0.1, 0.15) is 0 Å². The Labute approximate surface area is 165 Å². The Bertz CT molecular complexity index is 1480. The van der Waals surface area contributed by atoms with Crippen molar-refractivity contribution in [2.45, 2.75) is 0 Å². The summed E-state index contributed by atoms with van der Waals surface area (Å²) in [4.78, 5) is 0. The van der Waals surface area contributed by atoms with Gasteiger partial charge in [0.25, 0.3) is 0 Å². The van der Waals surface area contributed by atoms with Crippen LogP contribution in [-0.4, -0.2) is 0 Å². The lowest BCUT2D eigenvalue weighted by atomic mass is 9.89. The zero-order chi connectivity index (χ0) is 18.0. The van der Waals surface area contributed by atoms with Crippen LogP contribution in [0.4, 0.5) is 0 Å². The van der Waals surface area contributed by atoms with Gasteiger partial charge in [0.2, 0.25) is 0 Å². The molecule has 0 atom stereocenters. The largest absolute Gasteiger partial charge is 0.0616 e. The number of hydrogen-bond acceptors (Lipinski definition) is 0. The molecule has 0 aliphatic carbocycles. The normalized spacial score (nSPS) is 11.9. The molecule has 0 bridgehead atoms. The molecule has 6 aromatic carbocycles. The molecular weight excluding hydrogens is 392 g/mol. The van der Waals surface area contributed by atoms with Crippen molar-refractivity contribution in [2.24, 2.45) is 0 Å². The number of benzene rings is 6.